The first-order valence-electron chi connectivity index (χ1n) is 5.83. The number of hydrogen-bond donors (Lipinski definition) is 1. The molecular formula is C12H13ClN2O5. The Labute approximate surface area is 119 Å². The summed E-state index contributed by atoms with van der Waals surface area (Å²) in [7, 11) is 0. The average molecular weight is 301 g/mol. The second kappa shape index (κ2) is 6.85. The zero-order valence-corrected chi connectivity index (χ0v) is 11.5. The van der Waals surface area contributed by atoms with Crippen LogP contribution in [0.4, 0.5) is 11.4 Å². The van der Waals surface area contributed by atoms with E-state index in [-0.39, 0.29) is 41.7 Å². The Balaban J connectivity index is 3.10. The maximum absolute atomic E-state index is 11.8. The molecule has 0 spiro atoms. The van der Waals surface area contributed by atoms with E-state index >= 15 is 0 Å². The van der Waals surface area contributed by atoms with E-state index in [2.05, 4.69) is 0 Å². The van der Waals surface area contributed by atoms with Crippen LogP contribution in [0.1, 0.15) is 19.8 Å². The molecule has 1 amide bonds. The monoisotopic (exact) mass is 300 g/mol. The van der Waals surface area contributed by atoms with Crippen LogP contribution in [0.3, 0.4) is 0 Å². The summed E-state index contributed by atoms with van der Waals surface area (Å²) in [6.07, 6.45) is -0.0635. The molecule has 8 heteroatoms. The van der Waals surface area contributed by atoms with Gasteiger partial charge in [-0.3, -0.25) is 19.7 Å². The Morgan fingerprint density at radius 1 is 1.45 bits per heavy atom. The van der Waals surface area contributed by atoms with Crippen LogP contribution in [0.5, 0.6) is 0 Å². The number of nitro groups is 1. The average Bonchev–Trinajstić information content (AvgIpc) is 2.39. The first kappa shape index (κ1) is 15.9. The van der Waals surface area contributed by atoms with E-state index in [1.54, 1.807) is 6.92 Å². The molecule has 0 radical (unpaired) electrons. The lowest BCUT2D eigenvalue weighted by Crippen LogP contribution is -2.32. The van der Waals surface area contributed by atoms with Crippen LogP contribution in [0, 0.1) is 10.1 Å². The van der Waals surface area contributed by atoms with Gasteiger partial charge < -0.3 is 10.0 Å². The van der Waals surface area contributed by atoms with Crippen molar-refractivity contribution < 1.29 is 19.6 Å². The van der Waals surface area contributed by atoms with Crippen LogP contribution >= 0.6 is 11.6 Å². The molecule has 108 valence electrons. The Kier molecular flexibility index (Phi) is 5.45. The van der Waals surface area contributed by atoms with Crippen LogP contribution in [-0.2, 0) is 9.59 Å². The first-order valence-corrected chi connectivity index (χ1v) is 6.20. The minimum absolute atomic E-state index is 0.0337. The van der Waals surface area contributed by atoms with Gasteiger partial charge in [-0.05, 0) is 6.07 Å². The van der Waals surface area contributed by atoms with E-state index in [1.807, 2.05) is 0 Å². The molecule has 1 aromatic rings. The molecule has 0 aliphatic rings. The number of aliphatic carboxylic acids is 1. The van der Waals surface area contributed by atoms with Crippen LogP contribution in [0.2, 0.25) is 5.02 Å². The molecule has 0 fully saturated rings. The highest BCUT2D eigenvalue weighted by atomic mass is 35.5. The van der Waals surface area contributed by atoms with Crippen LogP contribution in [0.15, 0.2) is 18.2 Å². The van der Waals surface area contributed by atoms with E-state index in [1.165, 1.54) is 17.0 Å². The highest BCUT2D eigenvalue weighted by molar-refractivity contribution is 6.34. The number of benzene rings is 1. The first-order chi connectivity index (χ1) is 9.36. The fourth-order valence-electron chi connectivity index (χ4n) is 1.61. The Bertz CT molecular complexity index is 547. The maximum Gasteiger partial charge on any atom is 0.305 e. The Morgan fingerprint density at radius 2 is 2.10 bits per heavy atom. The molecule has 0 atom stereocenters. The predicted molar refractivity (Wildman–Crippen MR) is 73.0 cm³/mol. The van der Waals surface area contributed by atoms with E-state index in [4.69, 9.17) is 16.7 Å². The number of carbonyl (C=O) groups is 2. The lowest BCUT2D eigenvalue weighted by Gasteiger charge is -2.22. The van der Waals surface area contributed by atoms with Gasteiger partial charge in [-0.25, -0.2) is 0 Å². The van der Waals surface area contributed by atoms with Gasteiger partial charge in [-0.15, -0.1) is 0 Å². The van der Waals surface area contributed by atoms with E-state index in [9.17, 15) is 19.7 Å². The number of nitrogens with zero attached hydrogens (tertiary/aromatic N) is 2. The largest absolute Gasteiger partial charge is 0.481 e. The van der Waals surface area contributed by atoms with Crippen molar-refractivity contribution in [3.05, 3.63) is 33.3 Å². The van der Waals surface area contributed by atoms with Gasteiger partial charge in [0.25, 0.3) is 5.69 Å². The summed E-state index contributed by atoms with van der Waals surface area (Å²) in [5.74, 6) is -1.35. The number of anilines is 1. The molecule has 0 aliphatic carbocycles. The summed E-state index contributed by atoms with van der Waals surface area (Å²) in [5, 5.41) is 19.4. The molecule has 0 aliphatic heterocycles. The van der Waals surface area contributed by atoms with Gasteiger partial charge in [0.1, 0.15) is 0 Å². The quantitative estimate of drug-likeness (QED) is 0.642. The maximum atomic E-state index is 11.8. The third kappa shape index (κ3) is 3.92. The summed E-state index contributed by atoms with van der Waals surface area (Å²) in [6, 6.07) is 3.70. The van der Waals surface area contributed by atoms with Gasteiger partial charge in [0, 0.05) is 25.1 Å². The minimum atomic E-state index is -1.04. The summed E-state index contributed by atoms with van der Waals surface area (Å²) >= 11 is 5.94. The molecule has 1 rings (SSSR count). The topological polar surface area (TPSA) is 101 Å². The van der Waals surface area contributed by atoms with E-state index in [0.29, 0.717) is 0 Å². The molecular weight excluding hydrogens is 288 g/mol. The van der Waals surface area contributed by atoms with Crippen LogP contribution in [-0.4, -0.2) is 28.5 Å². The standard InChI is InChI=1S/C12H13ClN2O5/c1-2-11(16)14(6-5-12(17)18)10-4-3-8(15(19)20)7-9(10)13/h3-4,7H,2,5-6H2,1H3,(H,17,18). The van der Waals surface area contributed by atoms with Crippen molar-refractivity contribution in [2.45, 2.75) is 19.8 Å². The molecule has 0 bridgehead atoms. The van der Waals surface area contributed by atoms with Crippen molar-refractivity contribution in [2.75, 3.05) is 11.4 Å². The highest BCUT2D eigenvalue weighted by Gasteiger charge is 2.19. The number of halogens is 1. The normalized spacial score (nSPS) is 10.1. The zero-order valence-electron chi connectivity index (χ0n) is 10.7. The van der Waals surface area contributed by atoms with Crippen LogP contribution in [0.25, 0.3) is 0 Å². The van der Waals surface area contributed by atoms with Crippen molar-refractivity contribution in [3.8, 4) is 0 Å². The molecule has 7 nitrogen and oxygen atoms in total. The number of nitro benzene ring substituents is 1. The molecule has 0 saturated carbocycles. The van der Waals surface area contributed by atoms with Crippen molar-refractivity contribution in [2.24, 2.45) is 0 Å². The zero-order chi connectivity index (χ0) is 15.3. The molecule has 1 N–H and O–H groups in total. The van der Waals surface area contributed by atoms with Gasteiger partial charge in [0.15, 0.2) is 0 Å². The van der Waals surface area contributed by atoms with E-state index < -0.39 is 10.9 Å². The van der Waals surface area contributed by atoms with Crippen molar-refractivity contribution in [1.29, 1.82) is 0 Å². The second-order valence-corrected chi connectivity index (χ2v) is 4.34. The Morgan fingerprint density at radius 3 is 2.55 bits per heavy atom. The molecule has 0 aromatic heterocycles. The SMILES string of the molecule is CCC(=O)N(CCC(=O)O)c1ccc([N+](=O)[O-])cc1Cl. The summed E-state index contributed by atoms with van der Waals surface area (Å²) in [4.78, 5) is 33.7. The minimum Gasteiger partial charge on any atom is -0.481 e. The third-order valence-corrected chi connectivity index (χ3v) is 2.89. The lowest BCUT2D eigenvalue weighted by atomic mass is 10.2. The third-order valence-electron chi connectivity index (χ3n) is 2.59. The van der Waals surface area contributed by atoms with E-state index in [0.717, 1.165) is 6.07 Å². The number of rotatable bonds is 6. The number of carboxylic acids is 1. The van der Waals surface area contributed by atoms with Gasteiger partial charge >= 0.3 is 5.97 Å². The van der Waals surface area contributed by atoms with Crippen molar-refractivity contribution in [3.63, 3.8) is 0 Å². The van der Waals surface area contributed by atoms with Gasteiger partial charge in [0.2, 0.25) is 5.91 Å². The lowest BCUT2D eigenvalue weighted by molar-refractivity contribution is -0.384. The molecule has 0 heterocycles. The molecule has 1 aromatic carbocycles. The molecule has 0 saturated heterocycles. The van der Waals surface area contributed by atoms with Crippen LogP contribution < -0.4 is 4.90 Å². The summed E-state index contributed by atoms with van der Waals surface area (Å²) < 4.78 is 0. The second-order valence-electron chi connectivity index (χ2n) is 3.94. The summed E-state index contributed by atoms with van der Waals surface area (Å²) in [6.45, 7) is 1.59. The van der Waals surface area contributed by atoms with Gasteiger partial charge in [-0.1, -0.05) is 18.5 Å². The highest BCUT2D eigenvalue weighted by Crippen LogP contribution is 2.30. The number of carboxylic acid groups (broad SMARTS) is 1. The molecule has 20 heavy (non-hydrogen) atoms. The fourth-order valence-corrected chi connectivity index (χ4v) is 1.88. The van der Waals surface area contributed by atoms with Crippen molar-refractivity contribution in [1.82, 2.24) is 0 Å². The van der Waals surface area contributed by atoms with Gasteiger partial charge in [0.05, 0.1) is 22.1 Å². The predicted octanol–water partition coefficient (Wildman–Crippen LogP) is 2.47. The number of hydrogen-bond acceptors (Lipinski definition) is 4. The smallest absolute Gasteiger partial charge is 0.305 e. The molecule has 0 unspecified atom stereocenters. The van der Waals surface area contributed by atoms with Crippen molar-refractivity contribution >= 4 is 34.9 Å². The number of carbonyl (C=O) groups excluding carboxylic acids is 1. The fraction of sp³-hybridized carbons (Fsp3) is 0.333. The Hall–Kier alpha value is -2.15. The number of non-ortho nitro benzene ring substituents is 1. The summed E-state index contributed by atoms with van der Waals surface area (Å²) in [5.41, 5.74) is 0.0752. The number of amides is 1. The van der Waals surface area contributed by atoms with Gasteiger partial charge in [-0.2, -0.15) is 0 Å².